The van der Waals surface area contributed by atoms with Crippen LogP contribution in [0.2, 0.25) is 0 Å². The molecule has 0 saturated heterocycles. The number of ether oxygens (including phenoxy) is 1. The molecule has 1 aliphatic rings. The lowest BCUT2D eigenvalue weighted by Gasteiger charge is -2.14. The summed E-state index contributed by atoms with van der Waals surface area (Å²) in [6, 6.07) is 7.19. The molecule has 0 radical (unpaired) electrons. The standard InChI is InChI=1S/C13H17F2NO/c1-9-2-3-11(8-9)16-10-4-6-12(7-5-10)17-13(14)15/h4-7,9,11,13,16H,2-3,8H2,1H3. The maximum atomic E-state index is 12.0. The van der Waals surface area contributed by atoms with Crippen LogP contribution in [0.25, 0.3) is 0 Å². The van der Waals surface area contributed by atoms with E-state index in [1.165, 1.54) is 19.3 Å². The van der Waals surface area contributed by atoms with E-state index in [2.05, 4.69) is 17.0 Å². The van der Waals surface area contributed by atoms with Crippen LogP contribution in [0.3, 0.4) is 0 Å². The van der Waals surface area contributed by atoms with Crippen molar-refractivity contribution in [2.75, 3.05) is 5.32 Å². The summed E-state index contributed by atoms with van der Waals surface area (Å²) in [4.78, 5) is 0. The summed E-state index contributed by atoms with van der Waals surface area (Å²) in [5.41, 5.74) is 0.964. The number of hydrogen-bond donors (Lipinski definition) is 1. The van der Waals surface area contributed by atoms with Gasteiger partial charge in [-0.15, -0.1) is 0 Å². The van der Waals surface area contributed by atoms with Crippen molar-refractivity contribution in [3.05, 3.63) is 24.3 Å². The van der Waals surface area contributed by atoms with Crippen LogP contribution in [-0.2, 0) is 0 Å². The molecular weight excluding hydrogens is 224 g/mol. The van der Waals surface area contributed by atoms with E-state index in [1.54, 1.807) is 24.3 Å². The van der Waals surface area contributed by atoms with Gasteiger partial charge < -0.3 is 10.1 Å². The highest BCUT2D eigenvalue weighted by Crippen LogP contribution is 2.28. The van der Waals surface area contributed by atoms with Gasteiger partial charge in [-0.3, -0.25) is 0 Å². The molecule has 0 amide bonds. The largest absolute Gasteiger partial charge is 0.435 e. The van der Waals surface area contributed by atoms with Crippen LogP contribution in [0.4, 0.5) is 14.5 Å². The van der Waals surface area contributed by atoms with Gasteiger partial charge in [-0.1, -0.05) is 6.92 Å². The highest BCUT2D eigenvalue weighted by molar-refractivity contribution is 5.47. The Morgan fingerprint density at radius 3 is 2.47 bits per heavy atom. The molecule has 1 aliphatic carbocycles. The summed E-state index contributed by atoms with van der Waals surface area (Å²) in [6.07, 6.45) is 3.61. The van der Waals surface area contributed by atoms with Gasteiger partial charge in [0.05, 0.1) is 0 Å². The third kappa shape index (κ3) is 3.58. The van der Waals surface area contributed by atoms with Crippen LogP contribution in [-0.4, -0.2) is 12.7 Å². The Kier molecular flexibility index (Phi) is 3.82. The number of benzene rings is 1. The molecule has 4 heteroatoms. The Balaban J connectivity index is 1.89. The Hall–Kier alpha value is -1.32. The topological polar surface area (TPSA) is 21.3 Å². The van der Waals surface area contributed by atoms with Crippen molar-refractivity contribution in [2.24, 2.45) is 5.92 Å². The molecule has 1 fully saturated rings. The summed E-state index contributed by atoms with van der Waals surface area (Å²) < 4.78 is 28.2. The third-order valence-electron chi connectivity index (χ3n) is 3.15. The van der Waals surface area contributed by atoms with Gasteiger partial charge in [0.15, 0.2) is 0 Å². The maximum absolute atomic E-state index is 12.0. The quantitative estimate of drug-likeness (QED) is 0.863. The molecule has 1 aromatic carbocycles. The van der Waals surface area contributed by atoms with E-state index in [0.717, 1.165) is 11.6 Å². The second-order valence-electron chi connectivity index (χ2n) is 4.66. The van der Waals surface area contributed by atoms with Gasteiger partial charge in [-0.05, 0) is 49.4 Å². The highest BCUT2D eigenvalue weighted by atomic mass is 19.3. The number of anilines is 1. The minimum atomic E-state index is -2.76. The first-order valence-electron chi connectivity index (χ1n) is 5.95. The number of nitrogens with one attached hydrogen (secondary N) is 1. The van der Waals surface area contributed by atoms with Gasteiger partial charge in [0.1, 0.15) is 5.75 Å². The molecule has 0 aromatic heterocycles. The number of rotatable bonds is 4. The lowest BCUT2D eigenvalue weighted by molar-refractivity contribution is -0.0498. The second kappa shape index (κ2) is 5.34. The Bertz CT molecular complexity index is 353. The van der Waals surface area contributed by atoms with Gasteiger partial charge >= 0.3 is 6.61 Å². The molecule has 94 valence electrons. The van der Waals surface area contributed by atoms with Crippen molar-refractivity contribution >= 4 is 5.69 Å². The molecule has 2 nitrogen and oxygen atoms in total. The van der Waals surface area contributed by atoms with E-state index in [4.69, 9.17) is 0 Å². The first-order chi connectivity index (χ1) is 8.13. The van der Waals surface area contributed by atoms with E-state index >= 15 is 0 Å². The van der Waals surface area contributed by atoms with Gasteiger partial charge in [0.2, 0.25) is 0 Å². The third-order valence-corrected chi connectivity index (χ3v) is 3.15. The highest BCUT2D eigenvalue weighted by Gasteiger charge is 2.20. The molecule has 1 saturated carbocycles. The molecule has 0 aliphatic heterocycles. The maximum Gasteiger partial charge on any atom is 0.387 e. The second-order valence-corrected chi connectivity index (χ2v) is 4.66. The van der Waals surface area contributed by atoms with Gasteiger partial charge in [0, 0.05) is 11.7 Å². The minimum Gasteiger partial charge on any atom is -0.435 e. The van der Waals surface area contributed by atoms with Crippen LogP contribution in [0, 0.1) is 5.92 Å². The van der Waals surface area contributed by atoms with Crippen molar-refractivity contribution < 1.29 is 13.5 Å². The lowest BCUT2D eigenvalue weighted by atomic mass is 10.1. The molecule has 2 atom stereocenters. The van der Waals surface area contributed by atoms with Crippen molar-refractivity contribution in [2.45, 2.75) is 38.8 Å². The van der Waals surface area contributed by atoms with E-state index in [-0.39, 0.29) is 5.75 Å². The molecule has 2 rings (SSSR count). The normalized spacial score (nSPS) is 24.0. The monoisotopic (exact) mass is 241 g/mol. The summed E-state index contributed by atoms with van der Waals surface area (Å²) in [5.74, 6) is 0.972. The molecule has 17 heavy (non-hydrogen) atoms. The molecular formula is C13H17F2NO. The molecule has 1 N–H and O–H groups in total. The Morgan fingerprint density at radius 2 is 1.94 bits per heavy atom. The van der Waals surface area contributed by atoms with E-state index in [9.17, 15) is 8.78 Å². The van der Waals surface area contributed by atoms with Gasteiger partial charge in [0.25, 0.3) is 0 Å². The van der Waals surface area contributed by atoms with Crippen molar-refractivity contribution in [3.63, 3.8) is 0 Å². The van der Waals surface area contributed by atoms with Crippen LogP contribution >= 0.6 is 0 Å². The average Bonchev–Trinajstić information content (AvgIpc) is 2.66. The zero-order valence-electron chi connectivity index (χ0n) is 9.83. The van der Waals surface area contributed by atoms with Crippen LogP contribution in [0.1, 0.15) is 26.2 Å². The molecule has 1 aromatic rings. The van der Waals surface area contributed by atoms with Crippen LogP contribution in [0.15, 0.2) is 24.3 Å². The SMILES string of the molecule is CC1CCC(Nc2ccc(OC(F)F)cc2)C1. The van der Waals surface area contributed by atoms with Crippen LogP contribution < -0.4 is 10.1 Å². The lowest BCUT2D eigenvalue weighted by Crippen LogP contribution is -2.15. The zero-order chi connectivity index (χ0) is 12.3. The Morgan fingerprint density at radius 1 is 1.24 bits per heavy atom. The van der Waals surface area contributed by atoms with E-state index in [0.29, 0.717) is 6.04 Å². The molecule has 0 heterocycles. The van der Waals surface area contributed by atoms with Crippen LogP contribution in [0.5, 0.6) is 5.75 Å². The number of halogens is 2. The number of alkyl halides is 2. The Labute approximate surface area is 100.0 Å². The van der Waals surface area contributed by atoms with Gasteiger partial charge in [-0.2, -0.15) is 8.78 Å². The minimum absolute atomic E-state index is 0.199. The fraction of sp³-hybridized carbons (Fsp3) is 0.538. The predicted molar refractivity (Wildman–Crippen MR) is 63.5 cm³/mol. The van der Waals surface area contributed by atoms with E-state index < -0.39 is 6.61 Å². The summed E-state index contributed by atoms with van der Waals surface area (Å²) in [7, 11) is 0. The molecule has 0 bridgehead atoms. The fourth-order valence-electron chi connectivity index (χ4n) is 2.31. The van der Waals surface area contributed by atoms with E-state index in [1.807, 2.05) is 0 Å². The summed E-state index contributed by atoms with van der Waals surface area (Å²) in [5, 5.41) is 3.41. The number of hydrogen-bond acceptors (Lipinski definition) is 2. The summed E-state index contributed by atoms with van der Waals surface area (Å²) in [6.45, 7) is -0.508. The van der Waals surface area contributed by atoms with Gasteiger partial charge in [-0.25, -0.2) is 0 Å². The molecule has 2 unspecified atom stereocenters. The van der Waals surface area contributed by atoms with Crippen molar-refractivity contribution in [3.8, 4) is 5.75 Å². The fourth-order valence-corrected chi connectivity index (χ4v) is 2.31. The molecule has 0 spiro atoms. The smallest absolute Gasteiger partial charge is 0.387 e. The van der Waals surface area contributed by atoms with Crippen molar-refractivity contribution in [1.29, 1.82) is 0 Å². The van der Waals surface area contributed by atoms with Crippen molar-refractivity contribution in [1.82, 2.24) is 0 Å². The predicted octanol–water partition coefficient (Wildman–Crippen LogP) is 3.89. The average molecular weight is 241 g/mol. The first kappa shape index (κ1) is 12.1. The zero-order valence-corrected chi connectivity index (χ0v) is 9.83. The summed E-state index contributed by atoms with van der Waals surface area (Å²) >= 11 is 0. The first-order valence-corrected chi connectivity index (χ1v) is 5.95.